The molecule has 10 rings (SSSR count). The van der Waals surface area contributed by atoms with E-state index in [-0.39, 0.29) is 5.41 Å². The number of fused-ring (bicyclic) bond motifs is 7. The summed E-state index contributed by atoms with van der Waals surface area (Å²) in [4.78, 5) is 13.0. The first-order valence-electron chi connectivity index (χ1n) is 19.0. The largest absolute Gasteiger partial charge is 0.310 e. The van der Waals surface area contributed by atoms with Crippen molar-refractivity contribution >= 4 is 49.6 Å². The molecule has 3 heteroatoms. The van der Waals surface area contributed by atoms with Gasteiger partial charge in [-0.2, -0.15) is 0 Å². The summed E-state index contributed by atoms with van der Waals surface area (Å²) >= 11 is 0. The number of hydrogen-bond donors (Lipinski definition) is 0. The molecule has 1 aromatic heterocycles. The summed E-state index contributed by atoms with van der Waals surface area (Å²) in [5, 5.41) is 4.92. The fraction of sp³-hybridized carbons (Fsp3) is 0.0980. The van der Waals surface area contributed by atoms with E-state index in [0.717, 1.165) is 63.5 Å². The van der Waals surface area contributed by atoms with E-state index in [1.165, 1.54) is 43.8 Å². The van der Waals surface area contributed by atoms with Crippen LogP contribution < -0.4 is 4.90 Å². The minimum Gasteiger partial charge on any atom is -0.310 e. The fourth-order valence-corrected chi connectivity index (χ4v) is 9.01. The van der Waals surface area contributed by atoms with Gasteiger partial charge in [-0.05, 0) is 99.8 Å². The van der Waals surface area contributed by atoms with Gasteiger partial charge in [-0.25, -0.2) is 9.97 Å². The average Bonchev–Trinajstić information content (AvgIpc) is 3.53. The fourth-order valence-electron chi connectivity index (χ4n) is 9.01. The first-order chi connectivity index (χ1) is 26.7. The van der Waals surface area contributed by atoms with Crippen molar-refractivity contribution in [2.45, 2.75) is 32.1 Å². The van der Waals surface area contributed by atoms with E-state index in [2.05, 4.69) is 183 Å². The number of para-hydroxylation sites is 3. The average molecular weight is 694 g/mol. The van der Waals surface area contributed by atoms with E-state index in [1.807, 2.05) is 12.1 Å². The van der Waals surface area contributed by atoms with E-state index in [1.54, 1.807) is 0 Å². The van der Waals surface area contributed by atoms with Crippen molar-refractivity contribution in [2.75, 3.05) is 4.90 Å². The maximum atomic E-state index is 5.34. The Labute approximate surface area is 316 Å². The summed E-state index contributed by atoms with van der Waals surface area (Å²) in [6.45, 7) is 4.65. The van der Waals surface area contributed by atoms with Gasteiger partial charge < -0.3 is 4.90 Å². The van der Waals surface area contributed by atoms with Crippen molar-refractivity contribution in [2.24, 2.45) is 0 Å². The second-order valence-corrected chi connectivity index (χ2v) is 14.4. The molecule has 0 spiro atoms. The van der Waals surface area contributed by atoms with Crippen LogP contribution in [-0.2, 0) is 5.41 Å². The summed E-state index contributed by atoms with van der Waals surface area (Å²) in [7, 11) is 0. The molecule has 1 aliphatic carbocycles. The molecule has 0 radical (unpaired) electrons. The van der Waals surface area contributed by atoms with Crippen molar-refractivity contribution in [1.29, 1.82) is 0 Å². The Kier molecular flexibility index (Phi) is 7.62. The van der Waals surface area contributed by atoms with Crippen LogP contribution in [0.2, 0.25) is 0 Å². The van der Waals surface area contributed by atoms with Gasteiger partial charge >= 0.3 is 0 Å². The lowest BCUT2D eigenvalue weighted by Crippen LogP contribution is -2.23. The molecular weight excluding hydrogens is 655 g/mol. The molecule has 0 saturated carbocycles. The third-order valence-corrected chi connectivity index (χ3v) is 11.7. The zero-order valence-electron chi connectivity index (χ0n) is 30.5. The van der Waals surface area contributed by atoms with Crippen LogP contribution in [0.15, 0.2) is 176 Å². The molecular formula is C51H39N3. The Hall–Kier alpha value is -6.58. The molecule has 0 atom stereocenters. The first-order valence-corrected chi connectivity index (χ1v) is 19.0. The summed E-state index contributed by atoms with van der Waals surface area (Å²) in [5.74, 6) is 0. The van der Waals surface area contributed by atoms with Crippen LogP contribution in [0.3, 0.4) is 0 Å². The van der Waals surface area contributed by atoms with Crippen LogP contribution in [0.1, 0.15) is 37.8 Å². The zero-order chi connectivity index (χ0) is 36.2. The first kappa shape index (κ1) is 32.1. The van der Waals surface area contributed by atoms with E-state index >= 15 is 0 Å². The van der Waals surface area contributed by atoms with Crippen LogP contribution in [0.5, 0.6) is 0 Å². The second kappa shape index (κ2) is 12.8. The lowest BCUT2D eigenvalue weighted by Gasteiger charge is -2.30. The van der Waals surface area contributed by atoms with Crippen molar-refractivity contribution in [3.63, 3.8) is 0 Å². The van der Waals surface area contributed by atoms with Gasteiger partial charge in [0.05, 0.1) is 28.1 Å². The van der Waals surface area contributed by atoms with E-state index < -0.39 is 0 Å². The van der Waals surface area contributed by atoms with Gasteiger partial charge in [0.2, 0.25) is 0 Å². The molecule has 54 heavy (non-hydrogen) atoms. The van der Waals surface area contributed by atoms with Gasteiger partial charge in [0.15, 0.2) is 0 Å². The molecule has 0 unspecified atom stereocenters. The monoisotopic (exact) mass is 693 g/mol. The molecule has 0 saturated heterocycles. The van der Waals surface area contributed by atoms with Crippen molar-refractivity contribution in [1.82, 2.24) is 9.97 Å². The van der Waals surface area contributed by atoms with Crippen LogP contribution in [0, 0.1) is 0 Å². The number of nitrogens with zero attached hydrogens (tertiary/aromatic N) is 3. The van der Waals surface area contributed by atoms with E-state index in [0.29, 0.717) is 0 Å². The highest BCUT2D eigenvalue weighted by atomic mass is 15.1. The summed E-state index contributed by atoms with van der Waals surface area (Å²) < 4.78 is 0. The molecule has 0 fully saturated rings. The third-order valence-electron chi connectivity index (χ3n) is 11.7. The maximum absolute atomic E-state index is 5.34. The Morgan fingerprint density at radius 3 is 1.74 bits per heavy atom. The number of aromatic nitrogens is 2. The highest BCUT2D eigenvalue weighted by molar-refractivity contribution is 6.14. The predicted molar refractivity (Wildman–Crippen MR) is 227 cm³/mol. The molecule has 0 bridgehead atoms. The topological polar surface area (TPSA) is 29.0 Å². The van der Waals surface area contributed by atoms with Crippen molar-refractivity contribution in [3.8, 4) is 33.6 Å². The maximum Gasteiger partial charge on any atom is 0.0973 e. The Balaban J connectivity index is 1.14. The molecule has 1 aliphatic rings. The molecule has 258 valence electrons. The smallest absolute Gasteiger partial charge is 0.0973 e. The van der Waals surface area contributed by atoms with Gasteiger partial charge in [0.25, 0.3) is 0 Å². The zero-order valence-corrected chi connectivity index (χ0v) is 30.5. The summed E-state index contributed by atoms with van der Waals surface area (Å²) in [5.41, 5.74) is 14.5. The van der Waals surface area contributed by atoms with Crippen LogP contribution in [0.4, 0.5) is 17.1 Å². The Morgan fingerprint density at radius 2 is 1.00 bits per heavy atom. The molecule has 1 heterocycles. The van der Waals surface area contributed by atoms with Gasteiger partial charge in [-0.15, -0.1) is 0 Å². The van der Waals surface area contributed by atoms with Crippen molar-refractivity contribution < 1.29 is 0 Å². The standard InChI is InChI=1S/C51H39N3/c1-3-51(4-2)44-23-13-12-21-41(44)42-31-28-36(32-45(42)51)50-49(52-46-24-14-15-25-47(46)53-50)34-26-29-38(30-27-34)54(37-17-6-5-7-18-37)48-33-35-16-8-9-19-39(35)40-20-10-11-22-43(40)48/h5-33H,3-4H2,1-2H3. The van der Waals surface area contributed by atoms with Gasteiger partial charge in [0, 0.05) is 33.3 Å². The molecule has 0 amide bonds. The minimum absolute atomic E-state index is 0.0259. The molecule has 0 N–H and O–H groups in total. The Bertz CT molecular complexity index is 2850. The van der Waals surface area contributed by atoms with Gasteiger partial charge in [-0.3, -0.25) is 0 Å². The number of rotatable bonds is 7. The number of benzene rings is 8. The SMILES string of the molecule is CCC1(CC)c2ccccc2-c2ccc(-c3nc4ccccc4nc3-c3ccc(N(c4ccccc4)c4cc5ccccc5c5ccccc45)cc3)cc21. The van der Waals surface area contributed by atoms with E-state index in [4.69, 9.17) is 9.97 Å². The minimum atomic E-state index is -0.0259. The Morgan fingerprint density at radius 1 is 0.444 bits per heavy atom. The molecule has 9 aromatic rings. The quantitative estimate of drug-likeness (QED) is 0.156. The molecule has 0 aliphatic heterocycles. The van der Waals surface area contributed by atoms with Crippen LogP contribution >= 0.6 is 0 Å². The van der Waals surface area contributed by atoms with Crippen molar-refractivity contribution in [3.05, 3.63) is 187 Å². The summed E-state index contributed by atoms with van der Waals surface area (Å²) in [6, 6.07) is 63.4. The predicted octanol–water partition coefficient (Wildman–Crippen LogP) is 13.8. The third kappa shape index (κ3) is 4.96. The van der Waals surface area contributed by atoms with Gasteiger partial charge in [0.1, 0.15) is 0 Å². The second-order valence-electron chi connectivity index (χ2n) is 14.4. The summed E-state index contributed by atoms with van der Waals surface area (Å²) in [6.07, 6.45) is 2.08. The van der Waals surface area contributed by atoms with E-state index in [9.17, 15) is 0 Å². The number of anilines is 3. The highest BCUT2D eigenvalue weighted by Gasteiger charge is 2.40. The van der Waals surface area contributed by atoms with Crippen LogP contribution in [0.25, 0.3) is 66.2 Å². The van der Waals surface area contributed by atoms with Crippen LogP contribution in [-0.4, -0.2) is 9.97 Å². The lowest BCUT2D eigenvalue weighted by atomic mass is 9.73. The number of hydrogen-bond acceptors (Lipinski definition) is 3. The normalized spacial score (nSPS) is 12.9. The highest BCUT2D eigenvalue weighted by Crippen LogP contribution is 2.53. The lowest BCUT2D eigenvalue weighted by molar-refractivity contribution is 0.490. The molecule has 3 nitrogen and oxygen atoms in total. The molecule has 8 aromatic carbocycles. The van der Waals surface area contributed by atoms with Gasteiger partial charge in [-0.1, -0.05) is 141 Å².